The Hall–Kier alpha value is -1.36. The minimum atomic E-state index is 0.407. The smallest absolute Gasteiger partial charge is 0.131 e. The highest BCUT2D eigenvalue weighted by Crippen LogP contribution is 2.26. The van der Waals surface area contributed by atoms with Gasteiger partial charge in [-0.2, -0.15) is 5.10 Å². The van der Waals surface area contributed by atoms with E-state index >= 15 is 0 Å². The molecule has 5 heteroatoms. The summed E-state index contributed by atoms with van der Waals surface area (Å²) in [7, 11) is 1.89. The van der Waals surface area contributed by atoms with Gasteiger partial charge in [-0.3, -0.25) is 9.58 Å². The largest absolute Gasteiger partial charge is 0.311 e. The summed E-state index contributed by atoms with van der Waals surface area (Å²) < 4.78 is 1.74. The predicted molar refractivity (Wildman–Crippen MR) is 104 cm³/mol. The summed E-state index contributed by atoms with van der Waals surface area (Å²) >= 11 is 6.36. The first kappa shape index (κ1) is 18.4. The Balaban J connectivity index is 1.67. The molecule has 1 aromatic carbocycles. The topological polar surface area (TPSA) is 33.1 Å². The summed E-state index contributed by atoms with van der Waals surface area (Å²) in [6.45, 7) is 8.41. The standard InChI is InChI=1S/C20H29ClN4/c1-15-9-11-25(12-10-15)19(17-7-5-4-6-8-17)14-22-13-18-16(2)23-24(3)20(18)21/h4-8,15,19,22H,9-14H2,1-3H3. The van der Waals surface area contributed by atoms with E-state index in [1.165, 1.54) is 31.5 Å². The molecule has 1 aliphatic heterocycles. The van der Waals surface area contributed by atoms with Crippen LogP contribution in [0.3, 0.4) is 0 Å². The molecule has 1 aromatic heterocycles. The van der Waals surface area contributed by atoms with Crippen molar-refractivity contribution in [3.63, 3.8) is 0 Å². The lowest BCUT2D eigenvalue weighted by Gasteiger charge is -2.37. The molecule has 2 heterocycles. The molecule has 1 unspecified atom stereocenters. The molecule has 0 bridgehead atoms. The molecular formula is C20H29ClN4. The van der Waals surface area contributed by atoms with Gasteiger partial charge in [0.25, 0.3) is 0 Å². The highest BCUT2D eigenvalue weighted by molar-refractivity contribution is 6.30. The molecule has 0 saturated carbocycles. The molecule has 1 atom stereocenters. The molecule has 1 saturated heterocycles. The average Bonchev–Trinajstić information content (AvgIpc) is 2.86. The van der Waals surface area contributed by atoms with Gasteiger partial charge in [-0.15, -0.1) is 0 Å². The van der Waals surface area contributed by atoms with Crippen molar-refractivity contribution in [1.29, 1.82) is 0 Å². The Labute approximate surface area is 156 Å². The average molecular weight is 361 g/mol. The van der Waals surface area contributed by atoms with Crippen molar-refractivity contribution in [2.75, 3.05) is 19.6 Å². The lowest BCUT2D eigenvalue weighted by Crippen LogP contribution is -2.40. The van der Waals surface area contributed by atoms with Crippen molar-refractivity contribution < 1.29 is 0 Å². The van der Waals surface area contributed by atoms with Gasteiger partial charge < -0.3 is 5.32 Å². The summed E-state index contributed by atoms with van der Waals surface area (Å²) in [6.07, 6.45) is 2.58. The quantitative estimate of drug-likeness (QED) is 0.846. The van der Waals surface area contributed by atoms with Crippen LogP contribution in [0.25, 0.3) is 0 Å². The van der Waals surface area contributed by atoms with Crippen LogP contribution in [0.1, 0.15) is 42.6 Å². The van der Waals surface area contributed by atoms with Gasteiger partial charge in [0.05, 0.1) is 5.69 Å². The van der Waals surface area contributed by atoms with Crippen molar-refractivity contribution in [1.82, 2.24) is 20.0 Å². The third-order valence-corrected chi connectivity index (χ3v) is 5.83. The van der Waals surface area contributed by atoms with Crippen LogP contribution in [0.2, 0.25) is 5.15 Å². The van der Waals surface area contributed by atoms with E-state index in [2.05, 4.69) is 52.6 Å². The Kier molecular flexibility index (Phi) is 6.15. The van der Waals surface area contributed by atoms with E-state index in [0.29, 0.717) is 6.04 Å². The number of hydrogen-bond acceptors (Lipinski definition) is 3. The highest BCUT2D eigenvalue weighted by atomic mass is 35.5. The van der Waals surface area contributed by atoms with Gasteiger partial charge in [-0.25, -0.2) is 0 Å². The van der Waals surface area contributed by atoms with Crippen LogP contribution in [0.5, 0.6) is 0 Å². The molecule has 1 fully saturated rings. The normalized spacial score (nSPS) is 17.8. The zero-order chi connectivity index (χ0) is 17.8. The summed E-state index contributed by atoms with van der Waals surface area (Å²) in [5, 5.41) is 8.75. The van der Waals surface area contributed by atoms with Gasteiger partial charge in [-0.05, 0) is 44.3 Å². The van der Waals surface area contributed by atoms with Gasteiger partial charge in [0, 0.05) is 31.7 Å². The van der Waals surface area contributed by atoms with E-state index in [4.69, 9.17) is 11.6 Å². The van der Waals surface area contributed by atoms with Crippen LogP contribution in [-0.4, -0.2) is 34.3 Å². The van der Waals surface area contributed by atoms with Crippen LogP contribution in [0.4, 0.5) is 0 Å². The molecule has 25 heavy (non-hydrogen) atoms. The number of aromatic nitrogens is 2. The van der Waals surface area contributed by atoms with E-state index in [1.807, 2.05) is 14.0 Å². The summed E-state index contributed by atoms with van der Waals surface area (Å²) in [6, 6.07) is 11.3. The van der Waals surface area contributed by atoms with Crippen molar-refractivity contribution in [2.24, 2.45) is 13.0 Å². The zero-order valence-corrected chi connectivity index (χ0v) is 16.3. The Morgan fingerprint density at radius 1 is 1.24 bits per heavy atom. The van der Waals surface area contributed by atoms with Gasteiger partial charge in [-0.1, -0.05) is 48.9 Å². The fourth-order valence-electron chi connectivity index (χ4n) is 3.68. The zero-order valence-electron chi connectivity index (χ0n) is 15.5. The lowest BCUT2D eigenvalue weighted by atomic mass is 9.95. The van der Waals surface area contributed by atoms with Crippen molar-refractivity contribution in [3.05, 3.63) is 52.3 Å². The maximum Gasteiger partial charge on any atom is 0.131 e. The van der Waals surface area contributed by atoms with Crippen molar-refractivity contribution in [2.45, 2.75) is 39.3 Å². The molecule has 136 valence electrons. The number of rotatable bonds is 6. The second-order valence-electron chi connectivity index (χ2n) is 7.25. The molecule has 0 amide bonds. The summed E-state index contributed by atoms with van der Waals surface area (Å²) in [5.74, 6) is 0.845. The fraction of sp³-hybridized carbons (Fsp3) is 0.550. The number of nitrogens with one attached hydrogen (secondary N) is 1. The minimum Gasteiger partial charge on any atom is -0.311 e. The molecule has 2 aromatic rings. The minimum absolute atomic E-state index is 0.407. The third kappa shape index (κ3) is 4.43. The second-order valence-corrected chi connectivity index (χ2v) is 7.61. The third-order valence-electron chi connectivity index (χ3n) is 5.35. The van der Waals surface area contributed by atoms with Gasteiger partial charge in [0.2, 0.25) is 0 Å². The Morgan fingerprint density at radius 2 is 1.92 bits per heavy atom. The molecule has 0 aliphatic carbocycles. The van der Waals surface area contributed by atoms with E-state index in [9.17, 15) is 0 Å². The second kappa shape index (κ2) is 8.35. The van der Waals surface area contributed by atoms with Crippen LogP contribution >= 0.6 is 11.6 Å². The highest BCUT2D eigenvalue weighted by Gasteiger charge is 2.24. The number of benzene rings is 1. The lowest BCUT2D eigenvalue weighted by molar-refractivity contribution is 0.135. The Bertz CT molecular complexity index is 675. The van der Waals surface area contributed by atoms with Crippen LogP contribution in [0.15, 0.2) is 30.3 Å². The summed E-state index contributed by atoms with van der Waals surface area (Å²) in [5.41, 5.74) is 3.49. The molecule has 1 N–H and O–H groups in total. The van der Waals surface area contributed by atoms with E-state index < -0.39 is 0 Å². The number of aryl methyl sites for hydroxylation is 2. The first-order valence-electron chi connectivity index (χ1n) is 9.24. The fourth-order valence-corrected chi connectivity index (χ4v) is 3.92. The van der Waals surface area contributed by atoms with Gasteiger partial charge >= 0.3 is 0 Å². The van der Waals surface area contributed by atoms with Gasteiger partial charge in [0.15, 0.2) is 0 Å². The van der Waals surface area contributed by atoms with E-state index in [0.717, 1.165) is 35.4 Å². The monoisotopic (exact) mass is 360 g/mol. The Morgan fingerprint density at radius 3 is 2.52 bits per heavy atom. The number of hydrogen-bond donors (Lipinski definition) is 1. The number of likely N-dealkylation sites (tertiary alicyclic amines) is 1. The number of piperidine rings is 1. The number of halogens is 1. The van der Waals surface area contributed by atoms with E-state index in [-0.39, 0.29) is 0 Å². The van der Waals surface area contributed by atoms with Crippen LogP contribution in [0, 0.1) is 12.8 Å². The molecule has 0 radical (unpaired) electrons. The van der Waals surface area contributed by atoms with Gasteiger partial charge in [0.1, 0.15) is 5.15 Å². The maximum absolute atomic E-state index is 6.36. The summed E-state index contributed by atoms with van der Waals surface area (Å²) in [4.78, 5) is 2.63. The maximum atomic E-state index is 6.36. The molecule has 4 nitrogen and oxygen atoms in total. The van der Waals surface area contributed by atoms with Crippen molar-refractivity contribution >= 4 is 11.6 Å². The molecule has 0 spiro atoms. The van der Waals surface area contributed by atoms with Crippen LogP contribution in [-0.2, 0) is 13.6 Å². The van der Waals surface area contributed by atoms with E-state index in [1.54, 1.807) is 4.68 Å². The number of nitrogens with zero attached hydrogens (tertiary/aromatic N) is 3. The molecular weight excluding hydrogens is 332 g/mol. The van der Waals surface area contributed by atoms with Crippen molar-refractivity contribution in [3.8, 4) is 0 Å². The molecule has 3 rings (SSSR count). The van der Waals surface area contributed by atoms with Crippen LogP contribution < -0.4 is 5.32 Å². The molecule has 1 aliphatic rings. The first-order valence-corrected chi connectivity index (χ1v) is 9.61. The SMILES string of the molecule is Cc1nn(C)c(Cl)c1CNCC(c1ccccc1)N1CCC(C)CC1. The first-order chi connectivity index (χ1) is 12.1. The predicted octanol–water partition coefficient (Wildman–Crippen LogP) is 3.94.